The first-order chi connectivity index (χ1) is 8.13. The molecule has 0 heterocycles. The van der Waals surface area contributed by atoms with Crippen molar-refractivity contribution >= 4 is 5.91 Å². The third-order valence-corrected chi connectivity index (χ3v) is 2.36. The topological polar surface area (TPSA) is 95.6 Å². The largest absolute Gasteiger partial charge is 0.394 e. The zero-order valence-electron chi connectivity index (χ0n) is 9.54. The molecule has 0 spiro atoms. The maximum Gasteiger partial charge on any atom is 0.237 e. The molecule has 0 saturated heterocycles. The molecule has 2 atom stereocenters. The molecule has 1 amide bonds. The lowest BCUT2D eigenvalue weighted by molar-refractivity contribution is -0.122. The maximum absolute atomic E-state index is 11.5. The molecule has 0 bridgehead atoms. The van der Waals surface area contributed by atoms with E-state index < -0.39 is 12.1 Å². The molecule has 17 heavy (non-hydrogen) atoms. The average molecular weight is 238 g/mol. The van der Waals surface area contributed by atoms with E-state index in [1.165, 1.54) is 0 Å². The van der Waals surface area contributed by atoms with Gasteiger partial charge in [0.2, 0.25) is 5.91 Å². The van der Waals surface area contributed by atoms with Crippen molar-refractivity contribution in [2.75, 3.05) is 13.2 Å². The van der Waals surface area contributed by atoms with Crippen LogP contribution in [0.1, 0.15) is 5.56 Å². The summed E-state index contributed by atoms with van der Waals surface area (Å²) in [6.45, 7) is -0.369. The van der Waals surface area contributed by atoms with Crippen LogP contribution in [0.4, 0.5) is 0 Å². The molecule has 5 N–H and O–H groups in total. The Hall–Kier alpha value is -1.43. The van der Waals surface area contributed by atoms with Crippen molar-refractivity contribution in [3.05, 3.63) is 35.9 Å². The summed E-state index contributed by atoms with van der Waals surface area (Å²) in [6, 6.07) is 8.81. The van der Waals surface area contributed by atoms with E-state index in [0.717, 1.165) is 5.56 Å². The lowest BCUT2D eigenvalue weighted by atomic mass is 10.1. The SMILES string of the molecule is NC(Cc1ccccc1)C(=O)NCC(O)CO. The van der Waals surface area contributed by atoms with E-state index in [1.54, 1.807) is 0 Å². The summed E-state index contributed by atoms with van der Waals surface area (Å²) >= 11 is 0. The second-order valence-corrected chi connectivity index (χ2v) is 3.88. The number of nitrogens with two attached hydrogens (primary N) is 1. The Kier molecular flexibility index (Phi) is 5.62. The summed E-state index contributed by atoms with van der Waals surface area (Å²) in [6.07, 6.45) is -0.495. The Bertz CT molecular complexity index is 343. The molecule has 0 saturated carbocycles. The van der Waals surface area contributed by atoms with Gasteiger partial charge >= 0.3 is 0 Å². The summed E-state index contributed by atoms with van der Waals surface area (Å²) in [5.74, 6) is -0.332. The molecule has 0 radical (unpaired) electrons. The van der Waals surface area contributed by atoms with Crippen molar-refractivity contribution in [1.29, 1.82) is 0 Å². The molecule has 5 nitrogen and oxygen atoms in total. The van der Waals surface area contributed by atoms with E-state index in [0.29, 0.717) is 6.42 Å². The fourth-order valence-corrected chi connectivity index (χ4v) is 1.37. The number of amides is 1. The molecular weight excluding hydrogens is 220 g/mol. The minimum Gasteiger partial charge on any atom is -0.394 e. The zero-order chi connectivity index (χ0) is 12.7. The van der Waals surface area contributed by atoms with Gasteiger partial charge in [0, 0.05) is 6.54 Å². The molecule has 0 fully saturated rings. The van der Waals surface area contributed by atoms with Crippen LogP contribution in [0.3, 0.4) is 0 Å². The van der Waals surface area contributed by atoms with Crippen LogP contribution in [0.2, 0.25) is 0 Å². The van der Waals surface area contributed by atoms with Gasteiger partial charge in [-0.2, -0.15) is 0 Å². The molecule has 2 unspecified atom stereocenters. The molecule has 0 aliphatic heterocycles. The van der Waals surface area contributed by atoms with E-state index in [2.05, 4.69) is 5.32 Å². The molecule has 1 rings (SSSR count). The van der Waals surface area contributed by atoms with Gasteiger partial charge in [0.05, 0.1) is 18.8 Å². The number of hydrogen-bond acceptors (Lipinski definition) is 4. The van der Waals surface area contributed by atoms with Crippen molar-refractivity contribution in [2.45, 2.75) is 18.6 Å². The minimum absolute atomic E-state index is 0.0117. The number of rotatable bonds is 6. The zero-order valence-corrected chi connectivity index (χ0v) is 9.54. The summed E-state index contributed by atoms with van der Waals surface area (Å²) in [7, 11) is 0. The summed E-state index contributed by atoms with van der Waals surface area (Å²) in [4.78, 5) is 11.5. The highest BCUT2D eigenvalue weighted by Crippen LogP contribution is 2.01. The van der Waals surface area contributed by atoms with Crippen LogP contribution in [0, 0.1) is 0 Å². The first-order valence-corrected chi connectivity index (χ1v) is 5.49. The average Bonchev–Trinajstić information content (AvgIpc) is 2.36. The molecule has 94 valence electrons. The Labute approximate surface area is 100 Å². The summed E-state index contributed by atoms with van der Waals surface area (Å²) in [5.41, 5.74) is 6.70. The van der Waals surface area contributed by atoms with E-state index in [9.17, 15) is 4.79 Å². The van der Waals surface area contributed by atoms with Crippen LogP contribution >= 0.6 is 0 Å². The van der Waals surface area contributed by atoms with Crippen LogP contribution in [-0.2, 0) is 11.2 Å². The predicted molar refractivity (Wildman–Crippen MR) is 64.2 cm³/mol. The number of benzene rings is 1. The number of aliphatic hydroxyl groups is 2. The number of carbonyl (C=O) groups is 1. The van der Waals surface area contributed by atoms with Crippen molar-refractivity contribution in [2.24, 2.45) is 5.73 Å². The molecule has 0 aliphatic rings. The van der Waals surface area contributed by atoms with Crippen LogP contribution in [0.15, 0.2) is 30.3 Å². The summed E-state index contributed by atoms with van der Waals surface area (Å²) in [5, 5.41) is 20.1. The van der Waals surface area contributed by atoms with Crippen LogP contribution in [-0.4, -0.2) is 41.4 Å². The molecule has 0 aliphatic carbocycles. The van der Waals surface area contributed by atoms with Crippen LogP contribution in [0.5, 0.6) is 0 Å². The lowest BCUT2D eigenvalue weighted by Crippen LogP contribution is -2.45. The number of carbonyl (C=O) groups excluding carboxylic acids is 1. The highest BCUT2D eigenvalue weighted by molar-refractivity contribution is 5.81. The highest BCUT2D eigenvalue weighted by atomic mass is 16.3. The first kappa shape index (κ1) is 13.6. The van der Waals surface area contributed by atoms with E-state index in [4.69, 9.17) is 15.9 Å². The first-order valence-electron chi connectivity index (χ1n) is 5.49. The van der Waals surface area contributed by atoms with Gasteiger partial charge in [-0.1, -0.05) is 30.3 Å². The second-order valence-electron chi connectivity index (χ2n) is 3.88. The van der Waals surface area contributed by atoms with Gasteiger partial charge < -0.3 is 21.3 Å². The second kappa shape index (κ2) is 7.01. The standard InChI is InChI=1S/C12H18N2O3/c13-11(6-9-4-2-1-3-5-9)12(17)14-7-10(16)8-15/h1-5,10-11,15-16H,6-8,13H2,(H,14,17). The highest BCUT2D eigenvalue weighted by Gasteiger charge is 2.14. The molecular formula is C12H18N2O3. The van der Waals surface area contributed by atoms with Gasteiger partial charge in [-0.05, 0) is 12.0 Å². The molecule has 1 aromatic rings. The van der Waals surface area contributed by atoms with Gasteiger partial charge in [-0.25, -0.2) is 0 Å². The fraction of sp³-hybridized carbons (Fsp3) is 0.417. The quantitative estimate of drug-likeness (QED) is 0.512. The number of nitrogens with one attached hydrogen (secondary N) is 1. The Balaban J connectivity index is 2.37. The van der Waals surface area contributed by atoms with Gasteiger partial charge in [0.15, 0.2) is 0 Å². The maximum atomic E-state index is 11.5. The van der Waals surface area contributed by atoms with E-state index in [1.807, 2.05) is 30.3 Å². The fourth-order valence-electron chi connectivity index (χ4n) is 1.37. The third kappa shape index (κ3) is 4.95. The van der Waals surface area contributed by atoms with Crippen molar-refractivity contribution < 1.29 is 15.0 Å². The van der Waals surface area contributed by atoms with Crippen molar-refractivity contribution in [1.82, 2.24) is 5.32 Å². The Morgan fingerprint density at radius 1 is 1.35 bits per heavy atom. The molecule has 5 heteroatoms. The number of hydrogen-bond donors (Lipinski definition) is 4. The Morgan fingerprint density at radius 2 is 2.00 bits per heavy atom. The van der Waals surface area contributed by atoms with Crippen LogP contribution in [0.25, 0.3) is 0 Å². The van der Waals surface area contributed by atoms with Gasteiger partial charge in [0.1, 0.15) is 0 Å². The molecule has 1 aromatic carbocycles. The van der Waals surface area contributed by atoms with Crippen LogP contribution < -0.4 is 11.1 Å². The predicted octanol–water partition coefficient (Wildman–Crippen LogP) is -0.974. The summed E-state index contributed by atoms with van der Waals surface area (Å²) < 4.78 is 0. The van der Waals surface area contributed by atoms with Gasteiger partial charge in [-0.3, -0.25) is 4.79 Å². The van der Waals surface area contributed by atoms with E-state index >= 15 is 0 Å². The smallest absolute Gasteiger partial charge is 0.237 e. The Morgan fingerprint density at radius 3 is 2.59 bits per heavy atom. The van der Waals surface area contributed by atoms with E-state index in [-0.39, 0.29) is 19.1 Å². The van der Waals surface area contributed by atoms with Gasteiger partial charge in [-0.15, -0.1) is 0 Å². The molecule has 0 aromatic heterocycles. The van der Waals surface area contributed by atoms with Gasteiger partial charge in [0.25, 0.3) is 0 Å². The lowest BCUT2D eigenvalue weighted by Gasteiger charge is -2.14. The number of aliphatic hydroxyl groups excluding tert-OH is 2. The van der Waals surface area contributed by atoms with Crippen molar-refractivity contribution in [3.8, 4) is 0 Å². The monoisotopic (exact) mass is 238 g/mol. The normalized spacial score (nSPS) is 14.1. The minimum atomic E-state index is -0.942. The van der Waals surface area contributed by atoms with Crippen molar-refractivity contribution in [3.63, 3.8) is 0 Å². The third-order valence-electron chi connectivity index (χ3n) is 2.36.